The average Bonchev–Trinajstić information content (AvgIpc) is 3.32. The van der Waals surface area contributed by atoms with Crippen molar-refractivity contribution in [2.24, 2.45) is 0 Å². The van der Waals surface area contributed by atoms with Gasteiger partial charge in [0.05, 0.1) is 14.2 Å². The molecule has 1 aromatic heterocycles. The molecule has 1 fully saturated rings. The van der Waals surface area contributed by atoms with E-state index in [0.29, 0.717) is 11.7 Å². The molecule has 1 aliphatic rings. The van der Waals surface area contributed by atoms with Crippen molar-refractivity contribution in [3.8, 4) is 11.5 Å². The van der Waals surface area contributed by atoms with Crippen LogP contribution in [-0.2, 0) is 12.0 Å². The Morgan fingerprint density at radius 1 is 1.17 bits per heavy atom. The maximum atomic E-state index is 6.18. The monoisotopic (exact) mass is 333 g/mol. The number of nitrogens with zero attached hydrogens (tertiary/aromatic N) is 2. The van der Waals surface area contributed by atoms with Gasteiger partial charge in [0.1, 0.15) is 17.3 Å². The molecule has 0 radical (unpaired) electrons. The third-order valence-corrected chi connectivity index (χ3v) is 4.63. The average molecular weight is 334 g/mol. The highest BCUT2D eigenvalue weighted by molar-refractivity contribution is 6.30. The summed E-state index contributed by atoms with van der Waals surface area (Å²) in [5.41, 5.74) is 2.24. The van der Waals surface area contributed by atoms with Crippen molar-refractivity contribution < 1.29 is 9.47 Å². The van der Waals surface area contributed by atoms with Crippen molar-refractivity contribution in [3.05, 3.63) is 40.5 Å². The van der Waals surface area contributed by atoms with Crippen LogP contribution >= 0.6 is 11.6 Å². The lowest BCUT2D eigenvalue weighted by molar-refractivity contribution is 0.391. The molecule has 1 saturated carbocycles. The van der Waals surface area contributed by atoms with Crippen molar-refractivity contribution >= 4 is 17.4 Å². The molecule has 1 aliphatic carbocycles. The van der Waals surface area contributed by atoms with Gasteiger partial charge in [0.25, 0.3) is 0 Å². The van der Waals surface area contributed by atoms with Crippen molar-refractivity contribution in [2.75, 3.05) is 19.5 Å². The van der Waals surface area contributed by atoms with Gasteiger partial charge in [0.15, 0.2) is 5.15 Å². The zero-order valence-corrected chi connectivity index (χ0v) is 14.3. The lowest BCUT2D eigenvalue weighted by atomic mass is 10.0. The molecule has 0 spiro atoms. The zero-order chi connectivity index (χ0) is 16.4. The molecule has 2 aromatic rings. The molecule has 0 aliphatic heterocycles. The van der Waals surface area contributed by atoms with E-state index < -0.39 is 0 Å². The highest BCUT2D eigenvalue weighted by Crippen LogP contribution is 2.49. The number of anilines is 1. The first-order valence-electron chi connectivity index (χ1n) is 7.54. The maximum absolute atomic E-state index is 6.18. The molecule has 3 rings (SSSR count). The molecule has 0 bridgehead atoms. The van der Waals surface area contributed by atoms with Gasteiger partial charge in [-0.15, -0.1) is 10.2 Å². The maximum Gasteiger partial charge on any atom is 0.155 e. The van der Waals surface area contributed by atoms with Crippen LogP contribution < -0.4 is 14.8 Å². The van der Waals surface area contributed by atoms with E-state index in [1.165, 1.54) is 0 Å². The molecule has 0 saturated heterocycles. The van der Waals surface area contributed by atoms with Crippen LogP contribution in [0.25, 0.3) is 0 Å². The van der Waals surface area contributed by atoms with Crippen LogP contribution in [-0.4, -0.2) is 24.4 Å². The normalized spacial score (nSPS) is 15.1. The van der Waals surface area contributed by atoms with Gasteiger partial charge >= 0.3 is 0 Å². The van der Waals surface area contributed by atoms with Crippen LogP contribution in [0.2, 0.25) is 5.15 Å². The van der Waals surface area contributed by atoms with Gasteiger partial charge in [0.2, 0.25) is 0 Å². The van der Waals surface area contributed by atoms with Gasteiger partial charge in [-0.25, -0.2) is 0 Å². The van der Waals surface area contributed by atoms with Gasteiger partial charge in [-0.1, -0.05) is 18.5 Å². The zero-order valence-electron chi connectivity index (χ0n) is 13.5. The minimum Gasteiger partial charge on any atom is -0.497 e. The lowest BCUT2D eigenvalue weighted by Gasteiger charge is -2.14. The molecule has 6 heteroatoms. The molecule has 5 nitrogen and oxygen atoms in total. The summed E-state index contributed by atoms with van der Waals surface area (Å²) >= 11 is 6.18. The van der Waals surface area contributed by atoms with E-state index in [4.69, 9.17) is 21.1 Å². The van der Waals surface area contributed by atoms with E-state index in [9.17, 15) is 0 Å². The predicted molar refractivity (Wildman–Crippen MR) is 90.5 cm³/mol. The van der Waals surface area contributed by atoms with E-state index in [0.717, 1.165) is 41.3 Å². The van der Waals surface area contributed by atoms with E-state index >= 15 is 0 Å². The van der Waals surface area contributed by atoms with Crippen LogP contribution in [0, 0.1) is 0 Å². The van der Waals surface area contributed by atoms with E-state index in [-0.39, 0.29) is 5.41 Å². The summed E-state index contributed by atoms with van der Waals surface area (Å²) in [6, 6.07) is 7.74. The first-order valence-corrected chi connectivity index (χ1v) is 7.92. The predicted octanol–water partition coefficient (Wildman–Crippen LogP) is 3.81. The van der Waals surface area contributed by atoms with E-state index in [1.54, 1.807) is 14.2 Å². The summed E-state index contributed by atoms with van der Waals surface area (Å²) in [6.07, 6.45) is 2.29. The highest BCUT2D eigenvalue weighted by Gasteiger charge is 2.41. The second kappa shape index (κ2) is 6.24. The smallest absolute Gasteiger partial charge is 0.155 e. The van der Waals surface area contributed by atoms with Crippen molar-refractivity contribution in [1.29, 1.82) is 0 Å². The number of halogens is 1. The second-order valence-corrected chi connectivity index (χ2v) is 6.38. The third-order valence-electron chi connectivity index (χ3n) is 4.35. The first kappa shape index (κ1) is 15.9. The van der Waals surface area contributed by atoms with Gasteiger partial charge in [-0.3, -0.25) is 0 Å². The topological polar surface area (TPSA) is 56.3 Å². The summed E-state index contributed by atoms with van der Waals surface area (Å²) < 4.78 is 10.6. The Morgan fingerprint density at radius 2 is 1.96 bits per heavy atom. The van der Waals surface area contributed by atoms with Crippen LogP contribution in [0.5, 0.6) is 11.5 Å². The Hall–Kier alpha value is -2.01. The van der Waals surface area contributed by atoms with Gasteiger partial charge < -0.3 is 14.8 Å². The second-order valence-electron chi connectivity index (χ2n) is 6.03. The molecule has 1 N–H and O–H groups in total. The third kappa shape index (κ3) is 3.34. The number of nitrogens with one attached hydrogen (secondary N) is 1. The van der Waals surface area contributed by atoms with E-state index in [2.05, 4.69) is 22.4 Å². The van der Waals surface area contributed by atoms with Crippen molar-refractivity contribution in [1.82, 2.24) is 10.2 Å². The van der Waals surface area contributed by atoms with Gasteiger partial charge in [0, 0.05) is 23.7 Å². The molecular weight excluding hydrogens is 314 g/mol. The van der Waals surface area contributed by atoms with Gasteiger partial charge in [-0.05, 0) is 36.5 Å². The summed E-state index contributed by atoms with van der Waals surface area (Å²) in [4.78, 5) is 0. The lowest BCUT2D eigenvalue weighted by Crippen LogP contribution is -2.08. The number of methoxy groups -OCH3 is 2. The first-order chi connectivity index (χ1) is 11.1. The number of hydrogen-bond acceptors (Lipinski definition) is 5. The Kier molecular flexibility index (Phi) is 4.31. The molecule has 0 unspecified atom stereocenters. The molecule has 0 amide bonds. The highest BCUT2D eigenvalue weighted by atomic mass is 35.5. The number of rotatable bonds is 6. The van der Waals surface area contributed by atoms with Gasteiger partial charge in [-0.2, -0.15) is 0 Å². The number of ether oxygens (including phenoxy) is 2. The molecule has 1 heterocycles. The number of benzene rings is 1. The van der Waals surface area contributed by atoms with Crippen LogP contribution in [0.1, 0.15) is 30.9 Å². The fraction of sp³-hybridized carbons (Fsp3) is 0.412. The molecule has 23 heavy (non-hydrogen) atoms. The van der Waals surface area contributed by atoms with Crippen LogP contribution in [0.4, 0.5) is 5.82 Å². The van der Waals surface area contributed by atoms with Crippen LogP contribution in [0.3, 0.4) is 0 Å². The molecule has 0 atom stereocenters. The fourth-order valence-corrected chi connectivity index (χ4v) is 2.85. The Labute approximate surface area is 141 Å². The number of hydrogen-bond donors (Lipinski definition) is 1. The number of aromatic nitrogens is 2. The summed E-state index contributed by atoms with van der Waals surface area (Å²) in [6.45, 7) is 2.78. The van der Waals surface area contributed by atoms with E-state index in [1.807, 2.05) is 24.3 Å². The quantitative estimate of drug-likeness (QED) is 0.871. The standard InChI is InChI=1S/C17H20ClN3O2/c1-17(6-7-17)13-9-15(20-21-16(13)18)19-10-11-4-5-12(22-2)8-14(11)23-3/h4-5,8-9H,6-7,10H2,1-3H3,(H,19,20). The summed E-state index contributed by atoms with van der Waals surface area (Å²) in [7, 11) is 3.28. The SMILES string of the molecule is COc1ccc(CNc2cc(C3(C)CC3)c(Cl)nn2)c(OC)c1. The van der Waals surface area contributed by atoms with Crippen molar-refractivity contribution in [2.45, 2.75) is 31.7 Å². The van der Waals surface area contributed by atoms with Crippen LogP contribution in [0.15, 0.2) is 24.3 Å². The molecule has 1 aromatic carbocycles. The largest absolute Gasteiger partial charge is 0.497 e. The minimum atomic E-state index is 0.154. The molecular formula is C17H20ClN3O2. The minimum absolute atomic E-state index is 0.154. The Bertz CT molecular complexity index is 717. The summed E-state index contributed by atoms with van der Waals surface area (Å²) in [5.74, 6) is 2.25. The summed E-state index contributed by atoms with van der Waals surface area (Å²) in [5, 5.41) is 12.0. The van der Waals surface area contributed by atoms with Crippen molar-refractivity contribution in [3.63, 3.8) is 0 Å². The Balaban J connectivity index is 1.76. The molecule has 122 valence electrons. The Morgan fingerprint density at radius 3 is 2.61 bits per heavy atom. The fourth-order valence-electron chi connectivity index (χ4n) is 2.53.